The largest absolute Gasteiger partial charge is 0.271 e. The number of nitrogens with two attached hydrogens (primary N) is 1. The summed E-state index contributed by atoms with van der Waals surface area (Å²) in [6.07, 6.45) is 1.71. The predicted octanol–water partition coefficient (Wildman–Crippen LogP) is 1.78. The van der Waals surface area contributed by atoms with Gasteiger partial charge in [0.05, 0.1) is 0 Å². The number of rotatable bonds is 4. The van der Waals surface area contributed by atoms with Gasteiger partial charge >= 0.3 is 0 Å². The van der Waals surface area contributed by atoms with Gasteiger partial charge < -0.3 is 0 Å². The lowest BCUT2D eigenvalue weighted by Crippen LogP contribution is -2.36. The van der Waals surface area contributed by atoms with Crippen LogP contribution >= 0.6 is 0 Å². The number of hydrazine groups is 1. The zero-order chi connectivity index (χ0) is 11.1. The first kappa shape index (κ1) is 11.8. The average molecular weight is 202 g/mol. The van der Waals surface area contributed by atoms with Crippen LogP contribution in [-0.2, 0) is 6.42 Å². The van der Waals surface area contributed by atoms with Crippen molar-refractivity contribution >= 4 is 0 Å². The fraction of sp³-hybridized carbons (Fsp3) is 0.385. The number of benzene rings is 1. The lowest BCUT2D eigenvalue weighted by Gasteiger charge is -2.12. The van der Waals surface area contributed by atoms with E-state index in [-0.39, 0.29) is 6.04 Å². The van der Waals surface area contributed by atoms with Crippen molar-refractivity contribution in [1.82, 2.24) is 5.43 Å². The fourth-order valence-electron chi connectivity index (χ4n) is 1.42. The summed E-state index contributed by atoms with van der Waals surface area (Å²) in [5.41, 5.74) is 5.37. The van der Waals surface area contributed by atoms with E-state index in [9.17, 15) is 0 Å². The van der Waals surface area contributed by atoms with Crippen molar-refractivity contribution in [2.24, 2.45) is 5.84 Å². The molecule has 0 fully saturated rings. The Balaban J connectivity index is 2.57. The van der Waals surface area contributed by atoms with Crippen LogP contribution in [0.4, 0.5) is 0 Å². The minimum atomic E-state index is 0.236. The van der Waals surface area contributed by atoms with Crippen LogP contribution in [0.25, 0.3) is 0 Å². The first-order valence-corrected chi connectivity index (χ1v) is 5.17. The highest BCUT2D eigenvalue weighted by molar-refractivity contribution is 5.22. The Morgan fingerprint density at radius 2 is 2.00 bits per heavy atom. The fourth-order valence-corrected chi connectivity index (χ4v) is 1.42. The van der Waals surface area contributed by atoms with Gasteiger partial charge in [-0.15, -0.1) is 11.8 Å². The van der Waals surface area contributed by atoms with Crippen molar-refractivity contribution in [2.75, 3.05) is 0 Å². The van der Waals surface area contributed by atoms with Crippen molar-refractivity contribution in [3.8, 4) is 11.8 Å². The average Bonchev–Trinajstić information content (AvgIpc) is 2.27. The second-order valence-corrected chi connectivity index (χ2v) is 3.68. The Hall–Kier alpha value is -1.30. The molecule has 0 aliphatic heterocycles. The molecule has 15 heavy (non-hydrogen) atoms. The second kappa shape index (κ2) is 6.23. The Morgan fingerprint density at radius 1 is 1.33 bits per heavy atom. The van der Waals surface area contributed by atoms with E-state index in [4.69, 9.17) is 5.84 Å². The number of aryl methyl sites for hydroxylation is 1. The Morgan fingerprint density at radius 3 is 2.53 bits per heavy atom. The molecule has 0 aliphatic rings. The van der Waals surface area contributed by atoms with E-state index in [0.717, 1.165) is 12.8 Å². The van der Waals surface area contributed by atoms with Gasteiger partial charge in [0, 0.05) is 12.5 Å². The van der Waals surface area contributed by atoms with Crippen LogP contribution in [-0.4, -0.2) is 6.04 Å². The highest BCUT2D eigenvalue weighted by atomic mass is 15.2. The van der Waals surface area contributed by atoms with Gasteiger partial charge in [0.2, 0.25) is 0 Å². The molecule has 0 spiro atoms. The zero-order valence-corrected chi connectivity index (χ0v) is 9.38. The quantitative estimate of drug-likeness (QED) is 0.444. The molecule has 0 radical (unpaired) electrons. The normalized spacial score (nSPS) is 11.7. The molecular weight excluding hydrogens is 184 g/mol. The van der Waals surface area contributed by atoms with E-state index in [1.165, 1.54) is 11.1 Å². The van der Waals surface area contributed by atoms with Gasteiger partial charge in [0.15, 0.2) is 0 Å². The van der Waals surface area contributed by atoms with Crippen LogP contribution in [0, 0.1) is 18.8 Å². The molecule has 1 aromatic carbocycles. The maximum atomic E-state index is 5.47. The summed E-state index contributed by atoms with van der Waals surface area (Å²) >= 11 is 0. The highest BCUT2D eigenvalue weighted by Gasteiger charge is 2.05. The summed E-state index contributed by atoms with van der Waals surface area (Å²) in [7, 11) is 0. The van der Waals surface area contributed by atoms with E-state index in [1.807, 2.05) is 6.92 Å². The standard InChI is InChI=1S/C13H18N2/c1-3-4-5-13(15-14)10-12-8-6-11(2)7-9-12/h6-9,13,15H,5,10,14H2,1-2H3. The summed E-state index contributed by atoms with van der Waals surface area (Å²) in [6, 6.07) is 8.75. The summed E-state index contributed by atoms with van der Waals surface area (Å²) in [5.74, 6) is 11.4. The summed E-state index contributed by atoms with van der Waals surface area (Å²) in [4.78, 5) is 0. The molecule has 0 saturated carbocycles. The molecule has 0 bridgehead atoms. The molecule has 3 N–H and O–H groups in total. The Bertz CT molecular complexity index is 343. The summed E-state index contributed by atoms with van der Waals surface area (Å²) in [6.45, 7) is 3.93. The molecule has 0 amide bonds. The van der Waals surface area contributed by atoms with Crippen LogP contribution in [0.1, 0.15) is 24.5 Å². The van der Waals surface area contributed by atoms with E-state index in [2.05, 4.69) is 48.5 Å². The molecule has 1 unspecified atom stereocenters. The first-order chi connectivity index (χ1) is 7.26. The van der Waals surface area contributed by atoms with Crippen LogP contribution in [0.2, 0.25) is 0 Å². The third-order valence-electron chi connectivity index (χ3n) is 2.36. The molecule has 80 valence electrons. The number of nitrogens with one attached hydrogen (secondary N) is 1. The Kier molecular flexibility index (Phi) is 4.89. The third kappa shape index (κ3) is 4.16. The minimum absolute atomic E-state index is 0.236. The molecule has 0 saturated heterocycles. The van der Waals surface area contributed by atoms with Crippen molar-refractivity contribution in [2.45, 2.75) is 32.7 Å². The molecule has 0 aliphatic carbocycles. The van der Waals surface area contributed by atoms with Crippen LogP contribution in [0.15, 0.2) is 24.3 Å². The van der Waals surface area contributed by atoms with Crippen LogP contribution in [0.3, 0.4) is 0 Å². The second-order valence-electron chi connectivity index (χ2n) is 3.68. The molecule has 1 rings (SSSR count). The maximum absolute atomic E-state index is 5.47. The van der Waals surface area contributed by atoms with Crippen LogP contribution in [0.5, 0.6) is 0 Å². The third-order valence-corrected chi connectivity index (χ3v) is 2.36. The Labute approximate surface area is 91.8 Å². The lowest BCUT2D eigenvalue weighted by molar-refractivity contribution is 0.536. The zero-order valence-electron chi connectivity index (χ0n) is 9.38. The van der Waals surface area contributed by atoms with Gasteiger partial charge in [0.1, 0.15) is 0 Å². The van der Waals surface area contributed by atoms with Gasteiger partial charge in [-0.2, -0.15) is 0 Å². The van der Waals surface area contributed by atoms with Gasteiger partial charge in [-0.25, -0.2) is 0 Å². The molecule has 2 heteroatoms. The van der Waals surface area contributed by atoms with E-state index < -0.39 is 0 Å². The van der Waals surface area contributed by atoms with Crippen LogP contribution < -0.4 is 11.3 Å². The topological polar surface area (TPSA) is 38.0 Å². The van der Waals surface area contributed by atoms with Crippen molar-refractivity contribution < 1.29 is 0 Å². The summed E-state index contributed by atoms with van der Waals surface area (Å²) in [5, 5.41) is 0. The molecule has 0 aromatic heterocycles. The molecule has 1 atom stereocenters. The molecule has 2 nitrogen and oxygen atoms in total. The first-order valence-electron chi connectivity index (χ1n) is 5.17. The predicted molar refractivity (Wildman–Crippen MR) is 64.1 cm³/mol. The van der Waals surface area contributed by atoms with Crippen molar-refractivity contribution in [3.05, 3.63) is 35.4 Å². The molecular formula is C13H18N2. The van der Waals surface area contributed by atoms with Gasteiger partial charge in [-0.3, -0.25) is 11.3 Å². The number of hydrogen-bond acceptors (Lipinski definition) is 2. The summed E-state index contributed by atoms with van der Waals surface area (Å²) < 4.78 is 0. The monoisotopic (exact) mass is 202 g/mol. The maximum Gasteiger partial charge on any atom is 0.0360 e. The van der Waals surface area contributed by atoms with E-state index in [0.29, 0.717) is 0 Å². The van der Waals surface area contributed by atoms with Gasteiger partial charge in [0.25, 0.3) is 0 Å². The van der Waals surface area contributed by atoms with Crippen molar-refractivity contribution in [3.63, 3.8) is 0 Å². The SMILES string of the molecule is CC#CCC(Cc1ccc(C)cc1)NN. The molecule has 0 heterocycles. The van der Waals surface area contributed by atoms with Crippen molar-refractivity contribution in [1.29, 1.82) is 0 Å². The highest BCUT2D eigenvalue weighted by Crippen LogP contribution is 2.07. The van der Waals surface area contributed by atoms with Gasteiger partial charge in [-0.05, 0) is 25.8 Å². The lowest BCUT2D eigenvalue weighted by atomic mass is 10.0. The minimum Gasteiger partial charge on any atom is -0.271 e. The smallest absolute Gasteiger partial charge is 0.0360 e. The van der Waals surface area contributed by atoms with E-state index in [1.54, 1.807) is 0 Å². The molecule has 1 aromatic rings. The van der Waals surface area contributed by atoms with E-state index >= 15 is 0 Å². The van der Waals surface area contributed by atoms with Gasteiger partial charge in [-0.1, -0.05) is 29.8 Å². The number of hydrogen-bond donors (Lipinski definition) is 2.